The van der Waals surface area contributed by atoms with Crippen molar-refractivity contribution in [2.24, 2.45) is 11.8 Å². The lowest BCUT2D eigenvalue weighted by molar-refractivity contribution is -0.164. The molecule has 6 heterocycles. The fraction of sp³-hybridized carbons (Fsp3) is 0.559. The lowest BCUT2D eigenvalue weighted by Crippen LogP contribution is -2.64. The molecule has 0 bridgehead atoms. The van der Waals surface area contributed by atoms with E-state index in [1.54, 1.807) is 6.26 Å². The summed E-state index contributed by atoms with van der Waals surface area (Å²) in [6, 6.07) is 10.1. The van der Waals surface area contributed by atoms with E-state index in [1.807, 2.05) is 21.9 Å². The Kier molecular flexibility index (Phi) is 7.97. The van der Waals surface area contributed by atoms with Gasteiger partial charge in [-0.15, -0.1) is 0 Å². The van der Waals surface area contributed by atoms with E-state index >= 15 is 0 Å². The second-order valence-corrected chi connectivity index (χ2v) is 13.0. The van der Waals surface area contributed by atoms with Crippen molar-refractivity contribution in [1.29, 1.82) is 0 Å². The van der Waals surface area contributed by atoms with Crippen LogP contribution in [0.5, 0.6) is 0 Å². The van der Waals surface area contributed by atoms with Crippen LogP contribution in [0.1, 0.15) is 50.3 Å². The Balaban J connectivity index is 1.17. The van der Waals surface area contributed by atoms with Crippen LogP contribution in [0.3, 0.4) is 0 Å². The third-order valence-electron chi connectivity index (χ3n) is 10.4. The van der Waals surface area contributed by atoms with Crippen LogP contribution in [-0.2, 0) is 31.1 Å². The van der Waals surface area contributed by atoms with Crippen LogP contribution < -0.4 is 5.32 Å². The number of furan rings is 1. The second kappa shape index (κ2) is 12.0. The summed E-state index contributed by atoms with van der Waals surface area (Å²) >= 11 is 0. The predicted molar refractivity (Wildman–Crippen MR) is 166 cm³/mol. The zero-order chi connectivity index (χ0) is 30.3. The fourth-order valence-corrected chi connectivity index (χ4v) is 7.99. The Hall–Kier alpha value is -3.63. The number of nitrogens with zero attached hydrogens (tertiary/aromatic N) is 3. The summed E-state index contributed by atoms with van der Waals surface area (Å²) in [5.41, 5.74) is 3.25. The lowest BCUT2D eigenvalue weighted by Gasteiger charge is -2.54. The maximum atomic E-state index is 14.4. The van der Waals surface area contributed by atoms with E-state index in [9.17, 15) is 14.4 Å². The Morgan fingerprint density at radius 1 is 1.07 bits per heavy atom. The van der Waals surface area contributed by atoms with E-state index in [0.29, 0.717) is 25.9 Å². The molecule has 3 saturated heterocycles. The average Bonchev–Trinajstić information content (AvgIpc) is 3.72. The standard InChI is InChI=1S/C34H43N5O5/c1-34-27(33(42)38-11-3-2-4-12-38)20-24(22-30(40)35-10-14-37-15-18-43-19-16-37)32(41)39(34)13-9-26-25-8-7-23(29-6-5-17-44-29)21-28(25)36-31(26)34/h5-8,17,21,24,27,36H,2-4,9-16,18-20,22H2,1H3,(H,35,40)/t24-,27-,34+/m1/s1. The van der Waals surface area contributed by atoms with E-state index in [4.69, 9.17) is 9.15 Å². The summed E-state index contributed by atoms with van der Waals surface area (Å²) in [5, 5.41) is 4.16. The maximum absolute atomic E-state index is 14.4. The van der Waals surface area contributed by atoms with Crippen LogP contribution in [-0.4, -0.2) is 96.4 Å². The van der Waals surface area contributed by atoms with Gasteiger partial charge in [0.15, 0.2) is 0 Å². The van der Waals surface area contributed by atoms with E-state index in [-0.39, 0.29) is 24.1 Å². The number of rotatable bonds is 7. The molecule has 0 spiro atoms. The van der Waals surface area contributed by atoms with Crippen LogP contribution in [0.15, 0.2) is 41.0 Å². The molecule has 0 unspecified atom stereocenters. The first-order chi connectivity index (χ1) is 21.4. The fourth-order valence-electron chi connectivity index (χ4n) is 7.99. The highest BCUT2D eigenvalue weighted by Gasteiger charge is 2.57. The molecule has 234 valence electrons. The van der Waals surface area contributed by atoms with Crippen LogP contribution >= 0.6 is 0 Å². The number of H-pyrrole nitrogens is 1. The summed E-state index contributed by atoms with van der Waals surface area (Å²) in [5.74, 6) is -0.227. The molecule has 44 heavy (non-hydrogen) atoms. The number of aromatic nitrogens is 1. The molecular weight excluding hydrogens is 558 g/mol. The van der Waals surface area contributed by atoms with E-state index in [2.05, 4.69) is 40.3 Å². The first-order valence-corrected chi connectivity index (χ1v) is 16.3. The monoisotopic (exact) mass is 601 g/mol. The molecule has 4 aliphatic rings. The van der Waals surface area contributed by atoms with Crippen molar-refractivity contribution in [2.75, 3.05) is 59.0 Å². The van der Waals surface area contributed by atoms with Crippen molar-refractivity contribution in [3.63, 3.8) is 0 Å². The number of carbonyl (C=O) groups is 3. The molecule has 4 aliphatic heterocycles. The van der Waals surface area contributed by atoms with Gasteiger partial charge in [-0.25, -0.2) is 0 Å². The highest BCUT2D eigenvalue weighted by Crippen LogP contribution is 2.50. The number of morpholine rings is 1. The average molecular weight is 602 g/mol. The third kappa shape index (κ3) is 5.21. The van der Waals surface area contributed by atoms with Crippen molar-refractivity contribution >= 4 is 28.6 Å². The van der Waals surface area contributed by atoms with Crippen molar-refractivity contribution < 1.29 is 23.5 Å². The summed E-state index contributed by atoms with van der Waals surface area (Å²) in [4.78, 5) is 51.6. The van der Waals surface area contributed by atoms with Crippen LogP contribution in [0.25, 0.3) is 22.2 Å². The molecule has 1 aromatic carbocycles. The molecule has 3 amide bonds. The first-order valence-electron chi connectivity index (χ1n) is 16.3. The van der Waals surface area contributed by atoms with Gasteiger partial charge in [-0.1, -0.05) is 12.1 Å². The molecule has 10 heteroatoms. The molecule has 3 fully saturated rings. The molecule has 3 atom stereocenters. The minimum Gasteiger partial charge on any atom is -0.464 e. The Morgan fingerprint density at radius 2 is 1.89 bits per heavy atom. The number of benzene rings is 1. The molecule has 0 aliphatic carbocycles. The number of piperidine rings is 2. The Bertz CT molecular complexity index is 1520. The third-order valence-corrected chi connectivity index (χ3v) is 10.4. The van der Waals surface area contributed by atoms with Gasteiger partial charge in [0.2, 0.25) is 17.7 Å². The molecule has 0 saturated carbocycles. The number of nitrogens with one attached hydrogen (secondary N) is 2. The van der Waals surface area contributed by atoms with Crippen molar-refractivity contribution in [1.82, 2.24) is 25.0 Å². The topological polar surface area (TPSA) is 111 Å². The number of carbonyl (C=O) groups excluding carboxylic acids is 3. The van der Waals surface area contributed by atoms with Gasteiger partial charge in [0.1, 0.15) is 5.76 Å². The van der Waals surface area contributed by atoms with E-state index < -0.39 is 17.4 Å². The minimum absolute atomic E-state index is 0.0286. The van der Waals surface area contributed by atoms with Crippen molar-refractivity contribution in [3.05, 3.63) is 47.9 Å². The highest BCUT2D eigenvalue weighted by molar-refractivity contribution is 5.93. The Labute approximate surface area is 258 Å². The normalized spacial score (nSPS) is 26.0. The molecule has 10 nitrogen and oxygen atoms in total. The van der Waals surface area contributed by atoms with Gasteiger partial charge in [-0.3, -0.25) is 19.3 Å². The minimum atomic E-state index is -0.827. The molecule has 0 radical (unpaired) electrons. The molecular formula is C34H43N5O5. The van der Waals surface area contributed by atoms with Gasteiger partial charge in [-0.2, -0.15) is 0 Å². The quantitative estimate of drug-likeness (QED) is 0.429. The highest BCUT2D eigenvalue weighted by atomic mass is 16.5. The van der Waals surface area contributed by atoms with Crippen molar-refractivity contribution in [2.45, 2.75) is 51.0 Å². The number of aromatic amines is 1. The van der Waals surface area contributed by atoms with Crippen LogP contribution in [0.4, 0.5) is 0 Å². The number of ether oxygens (including phenoxy) is 1. The van der Waals surface area contributed by atoms with Gasteiger partial charge < -0.3 is 29.3 Å². The summed E-state index contributed by atoms with van der Waals surface area (Å²) in [7, 11) is 0. The van der Waals surface area contributed by atoms with Gasteiger partial charge in [0.25, 0.3) is 0 Å². The van der Waals surface area contributed by atoms with Gasteiger partial charge >= 0.3 is 0 Å². The number of fused-ring (bicyclic) bond motifs is 5. The van der Waals surface area contributed by atoms with Gasteiger partial charge in [0, 0.05) is 80.3 Å². The van der Waals surface area contributed by atoms with Gasteiger partial charge in [0.05, 0.1) is 30.9 Å². The predicted octanol–water partition coefficient (Wildman–Crippen LogP) is 3.51. The zero-order valence-electron chi connectivity index (χ0n) is 25.6. The van der Waals surface area contributed by atoms with Gasteiger partial charge in [-0.05, 0) is 62.8 Å². The largest absolute Gasteiger partial charge is 0.464 e. The molecule has 2 N–H and O–H groups in total. The number of amides is 3. The summed E-state index contributed by atoms with van der Waals surface area (Å²) in [6.07, 6.45) is 5.96. The van der Waals surface area contributed by atoms with E-state index in [0.717, 1.165) is 93.1 Å². The Morgan fingerprint density at radius 3 is 2.66 bits per heavy atom. The number of likely N-dealkylation sites (tertiary alicyclic amines) is 1. The first kappa shape index (κ1) is 29.1. The number of hydrogen-bond acceptors (Lipinski definition) is 6. The molecule has 3 aromatic rings. The molecule has 7 rings (SSSR count). The smallest absolute Gasteiger partial charge is 0.228 e. The lowest BCUT2D eigenvalue weighted by atomic mass is 9.67. The summed E-state index contributed by atoms with van der Waals surface area (Å²) < 4.78 is 11.1. The van der Waals surface area contributed by atoms with Crippen LogP contribution in [0.2, 0.25) is 0 Å². The van der Waals surface area contributed by atoms with Crippen LogP contribution in [0, 0.1) is 11.8 Å². The molecule has 2 aromatic heterocycles. The summed E-state index contributed by atoms with van der Waals surface area (Å²) in [6.45, 7) is 8.55. The zero-order valence-corrected chi connectivity index (χ0v) is 25.6. The number of hydrogen-bond donors (Lipinski definition) is 2. The van der Waals surface area contributed by atoms with E-state index in [1.165, 1.54) is 5.56 Å². The second-order valence-electron chi connectivity index (χ2n) is 13.0. The SMILES string of the molecule is C[C@]12c3[nH]c4cc(-c5ccco5)ccc4c3CCN1C(=O)[C@@H](CC(=O)NCCN1CCOCC1)C[C@@H]2C(=O)N1CCCCC1. The van der Waals surface area contributed by atoms with Crippen molar-refractivity contribution in [3.8, 4) is 11.3 Å². The maximum Gasteiger partial charge on any atom is 0.228 e.